The van der Waals surface area contributed by atoms with E-state index in [9.17, 15) is 8.42 Å². The van der Waals surface area contributed by atoms with Crippen LogP contribution in [0.25, 0.3) is 0 Å². The van der Waals surface area contributed by atoms with E-state index >= 15 is 0 Å². The summed E-state index contributed by atoms with van der Waals surface area (Å²) in [6, 6.07) is 20.3. The Morgan fingerprint density at radius 2 is 1.71 bits per heavy atom. The Morgan fingerprint density at radius 1 is 0.958 bits per heavy atom. The van der Waals surface area contributed by atoms with Crippen molar-refractivity contribution >= 4 is 21.4 Å². The van der Waals surface area contributed by atoms with E-state index in [0.717, 1.165) is 11.3 Å². The number of ether oxygens (including phenoxy) is 1. The first-order valence-corrected chi connectivity index (χ1v) is 9.69. The van der Waals surface area contributed by atoms with Gasteiger partial charge in [-0.05, 0) is 41.3 Å². The van der Waals surface area contributed by atoms with Crippen molar-refractivity contribution in [3.8, 4) is 11.5 Å². The van der Waals surface area contributed by atoms with Crippen molar-refractivity contribution < 1.29 is 13.2 Å². The lowest BCUT2D eigenvalue weighted by atomic mass is 10.2. The van der Waals surface area contributed by atoms with E-state index in [0.29, 0.717) is 9.96 Å². The lowest BCUT2D eigenvalue weighted by Gasteiger charge is -2.16. The highest BCUT2D eigenvalue weighted by atomic mass is 32.2. The van der Waals surface area contributed by atoms with Gasteiger partial charge in [0, 0.05) is 13.6 Å². The summed E-state index contributed by atoms with van der Waals surface area (Å²) in [5, 5.41) is 1.76. The van der Waals surface area contributed by atoms with Gasteiger partial charge in [0.25, 0.3) is 10.0 Å². The quantitative estimate of drug-likeness (QED) is 0.657. The van der Waals surface area contributed by atoms with Crippen LogP contribution in [0.4, 0.5) is 0 Å². The SMILES string of the molecule is CN(Cc1cccc(Oc2ccccc2)c1)S(=O)(=O)c1cccs1. The first kappa shape index (κ1) is 16.7. The van der Waals surface area contributed by atoms with E-state index in [2.05, 4.69) is 0 Å². The van der Waals surface area contributed by atoms with Crippen LogP contribution in [0.5, 0.6) is 11.5 Å². The van der Waals surface area contributed by atoms with Gasteiger partial charge in [0.2, 0.25) is 0 Å². The smallest absolute Gasteiger partial charge is 0.252 e. The van der Waals surface area contributed by atoms with E-state index < -0.39 is 10.0 Å². The Labute approximate surface area is 146 Å². The molecule has 0 spiro atoms. The summed E-state index contributed by atoms with van der Waals surface area (Å²) < 4.78 is 32.4. The average molecular weight is 359 g/mol. The van der Waals surface area contributed by atoms with Gasteiger partial charge >= 0.3 is 0 Å². The van der Waals surface area contributed by atoms with Crippen LogP contribution >= 0.6 is 11.3 Å². The minimum atomic E-state index is -3.45. The summed E-state index contributed by atoms with van der Waals surface area (Å²) >= 11 is 1.22. The van der Waals surface area contributed by atoms with Crippen LogP contribution in [-0.2, 0) is 16.6 Å². The minimum absolute atomic E-state index is 0.284. The van der Waals surface area contributed by atoms with Gasteiger partial charge in [0.15, 0.2) is 0 Å². The van der Waals surface area contributed by atoms with Gasteiger partial charge in [-0.1, -0.05) is 36.4 Å². The largest absolute Gasteiger partial charge is 0.457 e. The zero-order valence-corrected chi connectivity index (χ0v) is 14.8. The van der Waals surface area contributed by atoms with Crippen LogP contribution in [0.2, 0.25) is 0 Å². The predicted molar refractivity (Wildman–Crippen MR) is 95.9 cm³/mol. The molecular formula is C18H17NO3S2. The third kappa shape index (κ3) is 3.84. The van der Waals surface area contributed by atoms with Crippen LogP contribution in [0.3, 0.4) is 0 Å². The van der Waals surface area contributed by atoms with Crippen LogP contribution in [-0.4, -0.2) is 19.8 Å². The molecule has 0 amide bonds. The van der Waals surface area contributed by atoms with Crippen LogP contribution in [0.1, 0.15) is 5.56 Å². The molecule has 1 heterocycles. The first-order chi connectivity index (χ1) is 11.6. The molecule has 0 N–H and O–H groups in total. The van der Waals surface area contributed by atoms with Crippen molar-refractivity contribution in [2.24, 2.45) is 0 Å². The van der Waals surface area contributed by atoms with Gasteiger partial charge in [0.1, 0.15) is 15.7 Å². The molecule has 1 aromatic heterocycles. The molecular weight excluding hydrogens is 342 g/mol. The summed E-state index contributed by atoms with van der Waals surface area (Å²) in [4.78, 5) is 0. The monoisotopic (exact) mass is 359 g/mol. The summed E-state index contributed by atoms with van der Waals surface area (Å²) in [5.74, 6) is 1.43. The molecule has 3 aromatic rings. The van der Waals surface area contributed by atoms with Crippen molar-refractivity contribution in [1.29, 1.82) is 0 Å². The molecule has 0 bridgehead atoms. The van der Waals surface area contributed by atoms with Gasteiger partial charge in [-0.3, -0.25) is 0 Å². The van der Waals surface area contributed by atoms with Gasteiger partial charge in [-0.15, -0.1) is 11.3 Å². The molecule has 0 atom stereocenters. The normalized spacial score (nSPS) is 11.6. The number of hydrogen-bond acceptors (Lipinski definition) is 4. The van der Waals surface area contributed by atoms with E-state index in [1.165, 1.54) is 15.6 Å². The zero-order chi connectivity index (χ0) is 17.0. The maximum absolute atomic E-state index is 12.5. The molecule has 0 fully saturated rings. The predicted octanol–water partition coefficient (Wildman–Crippen LogP) is 4.36. The highest BCUT2D eigenvalue weighted by Crippen LogP contribution is 2.24. The first-order valence-electron chi connectivity index (χ1n) is 7.37. The average Bonchev–Trinajstić information content (AvgIpc) is 3.11. The summed E-state index contributed by atoms with van der Waals surface area (Å²) in [6.45, 7) is 0.284. The van der Waals surface area contributed by atoms with Crippen molar-refractivity contribution in [2.75, 3.05) is 7.05 Å². The number of rotatable bonds is 6. The van der Waals surface area contributed by atoms with Crippen molar-refractivity contribution in [2.45, 2.75) is 10.8 Å². The number of nitrogens with zero attached hydrogens (tertiary/aromatic N) is 1. The standard InChI is InChI=1S/C18H17NO3S2/c1-19(24(20,21)18-11-6-12-23-18)14-15-7-5-10-17(13-15)22-16-8-3-2-4-9-16/h2-13H,14H2,1H3. The lowest BCUT2D eigenvalue weighted by molar-refractivity contribution is 0.462. The van der Waals surface area contributed by atoms with Crippen LogP contribution in [0, 0.1) is 0 Å². The van der Waals surface area contributed by atoms with Crippen LogP contribution in [0.15, 0.2) is 76.3 Å². The fourth-order valence-electron chi connectivity index (χ4n) is 2.24. The molecule has 0 unspecified atom stereocenters. The van der Waals surface area contributed by atoms with Crippen LogP contribution < -0.4 is 4.74 Å². The highest BCUT2D eigenvalue weighted by Gasteiger charge is 2.21. The molecule has 0 aliphatic heterocycles. The highest BCUT2D eigenvalue weighted by molar-refractivity contribution is 7.91. The van der Waals surface area contributed by atoms with Gasteiger partial charge < -0.3 is 4.74 Å². The maximum atomic E-state index is 12.5. The Kier molecular flexibility index (Phi) is 4.99. The topological polar surface area (TPSA) is 46.6 Å². The molecule has 0 aliphatic carbocycles. The van der Waals surface area contributed by atoms with Crippen molar-refractivity contribution in [3.05, 3.63) is 77.7 Å². The Bertz CT molecular complexity index is 891. The Balaban J connectivity index is 1.75. The molecule has 2 aromatic carbocycles. The second kappa shape index (κ2) is 7.17. The molecule has 124 valence electrons. The summed E-state index contributed by atoms with van der Waals surface area (Å²) in [5.41, 5.74) is 0.867. The number of para-hydroxylation sites is 1. The third-order valence-corrected chi connectivity index (χ3v) is 6.62. The lowest BCUT2D eigenvalue weighted by Crippen LogP contribution is -2.25. The van der Waals surface area contributed by atoms with E-state index in [4.69, 9.17) is 4.74 Å². The molecule has 6 heteroatoms. The number of benzene rings is 2. The zero-order valence-electron chi connectivity index (χ0n) is 13.1. The van der Waals surface area contributed by atoms with Gasteiger partial charge in [-0.2, -0.15) is 4.31 Å². The number of sulfonamides is 1. The maximum Gasteiger partial charge on any atom is 0.252 e. The number of hydrogen-bond donors (Lipinski definition) is 0. The Hall–Kier alpha value is -2.15. The number of thiophene rings is 1. The van der Waals surface area contributed by atoms with Gasteiger partial charge in [0.05, 0.1) is 0 Å². The van der Waals surface area contributed by atoms with E-state index in [1.807, 2.05) is 54.6 Å². The molecule has 24 heavy (non-hydrogen) atoms. The molecule has 3 rings (SSSR count). The van der Waals surface area contributed by atoms with E-state index in [-0.39, 0.29) is 6.54 Å². The fraction of sp³-hybridized carbons (Fsp3) is 0.111. The second-order valence-electron chi connectivity index (χ2n) is 5.26. The van der Waals surface area contributed by atoms with Crippen molar-refractivity contribution in [3.63, 3.8) is 0 Å². The minimum Gasteiger partial charge on any atom is -0.457 e. The molecule has 0 saturated carbocycles. The van der Waals surface area contributed by atoms with E-state index in [1.54, 1.807) is 24.6 Å². The summed E-state index contributed by atoms with van der Waals surface area (Å²) in [7, 11) is -1.87. The molecule has 0 saturated heterocycles. The van der Waals surface area contributed by atoms with Gasteiger partial charge in [-0.25, -0.2) is 8.42 Å². The molecule has 4 nitrogen and oxygen atoms in total. The fourth-order valence-corrected chi connectivity index (χ4v) is 4.60. The summed E-state index contributed by atoms with van der Waals surface area (Å²) in [6.07, 6.45) is 0. The molecule has 0 aliphatic rings. The second-order valence-corrected chi connectivity index (χ2v) is 8.48. The Morgan fingerprint density at radius 3 is 2.42 bits per heavy atom. The third-order valence-electron chi connectivity index (χ3n) is 3.44. The van der Waals surface area contributed by atoms with Crippen molar-refractivity contribution in [1.82, 2.24) is 4.31 Å². The molecule has 0 radical (unpaired) electrons.